The summed E-state index contributed by atoms with van der Waals surface area (Å²) in [7, 11) is 1.50. The zero-order valence-electron chi connectivity index (χ0n) is 37.6. The lowest BCUT2D eigenvalue weighted by Crippen LogP contribution is -2.52. The van der Waals surface area contributed by atoms with E-state index in [0.29, 0.717) is 35.1 Å². The topological polar surface area (TPSA) is 142 Å². The Hall–Kier alpha value is -5.55. The van der Waals surface area contributed by atoms with Crippen LogP contribution in [0.5, 0.6) is 5.75 Å². The molecule has 1 aliphatic carbocycles. The minimum Gasteiger partial charge on any atom is -0.483 e. The monoisotopic (exact) mass is 868 g/mol. The highest BCUT2D eigenvalue weighted by molar-refractivity contribution is 5.90. The van der Waals surface area contributed by atoms with Crippen LogP contribution in [0.3, 0.4) is 0 Å². The van der Waals surface area contributed by atoms with Crippen LogP contribution in [0.25, 0.3) is 11.0 Å². The summed E-state index contributed by atoms with van der Waals surface area (Å²) in [5.74, 6) is -1.04. The molecule has 0 spiro atoms. The standard InChI is InChI=1S/C54H60O10/c1-32(2)41-20-16-33-14-17-36(18-15-33)42-21-19-38(37-13-9-12-35(27-37)26-34-10-7-6-8-11-34)28-40(42)29-46(57)61-50-48-45(64-54(3,4)51(50)63-52(41)58)23-22-43-44(30-56)47(53(59)62-49(43)48)39(24-25-55)31-60-5/h6-15,17-18,22-23,27,38-40,42,50-51,55-56H,16,19-21,24-26,28-31H2,1-5H3/t38-,39+,40-,42+,50+,51-/m0/s1. The second kappa shape index (κ2) is 19.3. The number of rotatable bonds is 9. The maximum Gasteiger partial charge on any atom is 0.340 e. The molecule has 0 amide bonds. The lowest BCUT2D eigenvalue weighted by molar-refractivity contribution is -0.188. The van der Waals surface area contributed by atoms with Crippen LogP contribution < -0.4 is 10.4 Å². The molecule has 1 saturated carbocycles. The first-order valence-electron chi connectivity index (χ1n) is 22.7. The lowest BCUT2D eigenvalue weighted by atomic mass is 9.68. The summed E-state index contributed by atoms with van der Waals surface area (Å²) in [6.07, 6.45) is 2.42. The summed E-state index contributed by atoms with van der Waals surface area (Å²) in [4.78, 5) is 43.3. The SMILES string of the molecule is COC[C@@H](CCO)c1c(CO)c2ccc3c(c2oc1=O)[C@H]1OC(=O)C[C@@H]2C[C@@H](c4cccc(Cc5ccccc5)c4)CC[C@@H]2c2ccc(cc2)CCC(=C(C)C)C(=O)O[C@@H]1C(C)(C)O3. The maximum absolute atomic E-state index is 14.8. The van der Waals surface area contributed by atoms with E-state index in [1.807, 2.05) is 19.9 Å². The second-order valence-electron chi connectivity index (χ2n) is 18.6. The van der Waals surface area contributed by atoms with E-state index < -0.39 is 47.9 Å². The number of aliphatic hydroxyl groups excluding tert-OH is 2. The molecule has 2 N–H and O–H groups in total. The second-order valence-corrected chi connectivity index (χ2v) is 18.6. The van der Waals surface area contributed by atoms with Gasteiger partial charge in [-0.3, -0.25) is 4.79 Å². The highest BCUT2D eigenvalue weighted by atomic mass is 16.6. The van der Waals surface area contributed by atoms with Gasteiger partial charge < -0.3 is 33.6 Å². The van der Waals surface area contributed by atoms with Gasteiger partial charge in [-0.25, -0.2) is 9.59 Å². The molecule has 4 aliphatic rings. The van der Waals surface area contributed by atoms with Gasteiger partial charge in [-0.15, -0.1) is 0 Å². The summed E-state index contributed by atoms with van der Waals surface area (Å²) in [6, 6.07) is 31.3. The molecule has 5 aromatic rings. The summed E-state index contributed by atoms with van der Waals surface area (Å²) in [5.41, 5.74) is 6.24. The molecule has 1 aromatic heterocycles. The van der Waals surface area contributed by atoms with Crippen LogP contribution >= 0.6 is 0 Å². The van der Waals surface area contributed by atoms with Crippen LogP contribution in [0, 0.1) is 5.92 Å². The highest BCUT2D eigenvalue weighted by Gasteiger charge is 2.51. The van der Waals surface area contributed by atoms with Crippen molar-refractivity contribution < 1.29 is 43.2 Å². The van der Waals surface area contributed by atoms with Crippen molar-refractivity contribution in [2.75, 3.05) is 20.3 Å². The number of aryl methyl sites for hydroxylation is 1. The van der Waals surface area contributed by atoms with Crippen LogP contribution in [0.1, 0.15) is 135 Å². The van der Waals surface area contributed by atoms with Crippen molar-refractivity contribution in [3.8, 4) is 5.75 Å². The van der Waals surface area contributed by atoms with Crippen molar-refractivity contribution in [1.29, 1.82) is 0 Å². The molecule has 0 radical (unpaired) electrons. The number of carbonyl (C=O) groups is 2. The zero-order chi connectivity index (χ0) is 45.1. The number of esters is 2. The fourth-order valence-corrected chi connectivity index (χ4v) is 10.5. The third kappa shape index (κ3) is 9.32. The van der Waals surface area contributed by atoms with E-state index in [-0.39, 0.29) is 60.5 Å². The Morgan fingerprint density at radius 1 is 0.859 bits per heavy atom. The Morgan fingerprint density at radius 3 is 2.34 bits per heavy atom. The van der Waals surface area contributed by atoms with E-state index in [9.17, 15) is 24.6 Å². The van der Waals surface area contributed by atoms with Gasteiger partial charge in [-0.2, -0.15) is 0 Å². The zero-order valence-corrected chi connectivity index (χ0v) is 37.6. The Balaban J connectivity index is 1.22. The number of benzene rings is 4. The molecule has 6 atom stereocenters. The van der Waals surface area contributed by atoms with E-state index in [1.54, 1.807) is 26.0 Å². The van der Waals surface area contributed by atoms with Crippen LogP contribution in [0.15, 0.2) is 111 Å². The molecule has 10 nitrogen and oxygen atoms in total. The molecule has 1 fully saturated rings. The van der Waals surface area contributed by atoms with Gasteiger partial charge in [0.15, 0.2) is 12.2 Å². The summed E-state index contributed by atoms with van der Waals surface area (Å²) in [6.45, 7) is 6.73. The Labute approximate surface area is 375 Å². The predicted molar refractivity (Wildman–Crippen MR) is 244 cm³/mol. The number of hydrogen-bond acceptors (Lipinski definition) is 10. The molecular weight excluding hydrogens is 809 g/mol. The van der Waals surface area contributed by atoms with Crippen molar-refractivity contribution in [3.63, 3.8) is 0 Å². The number of methoxy groups -OCH3 is 1. The number of hydrogen-bond donors (Lipinski definition) is 2. The average Bonchev–Trinajstić information content (AvgIpc) is 3.27. The smallest absolute Gasteiger partial charge is 0.340 e. The molecule has 3 aliphatic heterocycles. The fraction of sp³-hybridized carbons (Fsp3) is 0.426. The van der Waals surface area contributed by atoms with Gasteiger partial charge in [0.25, 0.3) is 0 Å². The summed E-state index contributed by atoms with van der Waals surface area (Å²) in [5, 5.41) is 21.2. The number of carbonyl (C=O) groups excluding carboxylic acids is 2. The Bertz CT molecular complexity index is 2560. The van der Waals surface area contributed by atoms with Gasteiger partial charge >= 0.3 is 17.6 Å². The van der Waals surface area contributed by atoms with E-state index in [2.05, 4.69) is 72.8 Å². The largest absolute Gasteiger partial charge is 0.483 e. The van der Waals surface area contributed by atoms with Gasteiger partial charge in [0.2, 0.25) is 0 Å². The summed E-state index contributed by atoms with van der Waals surface area (Å²) >= 11 is 0. The van der Waals surface area contributed by atoms with Gasteiger partial charge in [-0.1, -0.05) is 84.4 Å². The molecule has 10 heteroatoms. The lowest BCUT2D eigenvalue weighted by Gasteiger charge is -2.44. The first kappa shape index (κ1) is 45.0. The van der Waals surface area contributed by atoms with E-state index in [4.69, 9.17) is 23.4 Å². The molecule has 0 saturated heterocycles. The Kier molecular flexibility index (Phi) is 13.6. The number of ether oxygens (including phenoxy) is 4. The molecule has 0 unspecified atom stereocenters. The molecular formula is C54H60O10. The first-order chi connectivity index (χ1) is 30.9. The fourth-order valence-electron chi connectivity index (χ4n) is 10.5. The normalized spacial score (nSPS) is 22.7. The summed E-state index contributed by atoms with van der Waals surface area (Å²) < 4.78 is 31.3. The van der Waals surface area contributed by atoms with Gasteiger partial charge in [0.1, 0.15) is 16.9 Å². The minimum atomic E-state index is -1.25. The van der Waals surface area contributed by atoms with Gasteiger partial charge in [0.05, 0.1) is 18.8 Å². The molecule has 336 valence electrons. The van der Waals surface area contributed by atoms with Crippen molar-refractivity contribution >= 4 is 22.9 Å². The van der Waals surface area contributed by atoms with E-state index in [0.717, 1.165) is 36.8 Å². The number of fused-ring (bicyclic) bond motifs is 11. The van der Waals surface area contributed by atoms with Crippen LogP contribution in [0.4, 0.5) is 0 Å². The van der Waals surface area contributed by atoms with Crippen molar-refractivity contribution in [3.05, 3.63) is 157 Å². The van der Waals surface area contributed by atoms with E-state index in [1.165, 1.54) is 29.4 Å². The molecule has 4 heterocycles. The molecule has 2 bridgehead atoms. The molecule has 64 heavy (non-hydrogen) atoms. The molecule has 9 rings (SSSR count). The average molecular weight is 869 g/mol. The van der Waals surface area contributed by atoms with Crippen LogP contribution in [-0.2, 0) is 43.2 Å². The van der Waals surface area contributed by atoms with Crippen molar-refractivity contribution in [1.82, 2.24) is 0 Å². The first-order valence-corrected chi connectivity index (χ1v) is 22.7. The molecule has 4 aromatic carbocycles. The Morgan fingerprint density at radius 2 is 1.62 bits per heavy atom. The minimum absolute atomic E-state index is 0.0622. The quantitative estimate of drug-likeness (QED) is 0.0836. The maximum atomic E-state index is 14.8. The van der Waals surface area contributed by atoms with Crippen LogP contribution in [0.2, 0.25) is 0 Å². The van der Waals surface area contributed by atoms with Crippen molar-refractivity contribution in [2.45, 2.75) is 121 Å². The third-order valence-corrected chi connectivity index (χ3v) is 13.7. The number of aliphatic hydroxyl groups is 2. The predicted octanol–water partition coefficient (Wildman–Crippen LogP) is 9.70. The highest BCUT2D eigenvalue weighted by Crippen LogP contribution is 2.50. The third-order valence-electron chi connectivity index (χ3n) is 13.7. The van der Waals surface area contributed by atoms with E-state index >= 15 is 0 Å². The van der Waals surface area contributed by atoms with Gasteiger partial charge in [0, 0.05) is 42.6 Å². The number of allylic oxidation sites excluding steroid dienone is 1. The van der Waals surface area contributed by atoms with Crippen LogP contribution in [-0.4, -0.2) is 54.2 Å². The van der Waals surface area contributed by atoms with Gasteiger partial charge in [-0.05, 0) is 136 Å². The van der Waals surface area contributed by atoms with Crippen molar-refractivity contribution in [2.24, 2.45) is 5.92 Å².